The van der Waals surface area contributed by atoms with Crippen LogP contribution >= 0.6 is 0 Å². The van der Waals surface area contributed by atoms with Gasteiger partial charge in [-0.15, -0.1) is 0 Å². The highest BCUT2D eigenvalue weighted by Crippen LogP contribution is 2.19. The average molecular weight is 475 g/mol. The molecule has 0 aromatic heterocycles. The van der Waals surface area contributed by atoms with E-state index in [1.54, 1.807) is 19.1 Å². The van der Waals surface area contributed by atoms with E-state index in [1.807, 2.05) is 85.8 Å². The molecule has 1 N–H and O–H groups in total. The van der Waals surface area contributed by atoms with Crippen molar-refractivity contribution in [3.8, 4) is 11.5 Å². The number of nitrogens with one attached hydrogen (secondary N) is 1. The third-order valence-corrected chi connectivity index (χ3v) is 5.87. The maximum atomic E-state index is 13.5. The van der Waals surface area contributed by atoms with Gasteiger partial charge in [-0.2, -0.15) is 0 Å². The molecule has 3 aromatic carbocycles. The summed E-state index contributed by atoms with van der Waals surface area (Å²) in [5.74, 6) is 1.29. The highest BCUT2D eigenvalue weighted by molar-refractivity contribution is 5.88. The Labute approximate surface area is 207 Å². The summed E-state index contributed by atoms with van der Waals surface area (Å²) in [5.41, 5.74) is 2.90. The van der Waals surface area contributed by atoms with Crippen LogP contribution in [0.5, 0.6) is 11.5 Å². The lowest BCUT2D eigenvalue weighted by Crippen LogP contribution is -2.50. The summed E-state index contributed by atoms with van der Waals surface area (Å²) in [6, 6.07) is 24.3. The summed E-state index contributed by atoms with van der Waals surface area (Å²) in [6.07, 6.45) is 1.53. The molecule has 0 aliphatic rings. The second-order valence-corrected chi connectivity index (χ2v) is 8.39. The maximum Gasteiger partial charge on any atom is 0.243 e. The van der Waals surface area contributed by atoms with Crippen molar-refractivity contribution in [3.05, 3.63) is 95.6 Å². The Kier molecular flexibility index (Phi) is 9.72. The largest absolute Gasteiger partial charge is 0.497 e. The molecule has 1 unspecified atom stereocenters. The molecular formula is C29H34N2O4. The summed E-state index contributed by atoms with van der Waals surface area (Å²) < 4.78 is 10.5. The lowest BCUT2D eigenvalue weighted by atomic mass is 10.0. The molecule has 0 heterocycles. The minimum Gasteiger partial charge on any atom is -0.497 e. The van der Waals surface area contributed by atoms with Crippen molar-refractivity contribution in [1.29, 1.82) is 0 Å². The van der Waals surface area contributed by atoms with Gasteiger partial charge in [0.05, 0.1) is 14.2 Å². The van der Waals surface area contributed by atoms with E-state index in [9.17, 15) is 9.59 Å². The zero-order valence-electron chi connectivity index (χ0n) is 20.7. The number of hydrogen-bond donors (Lipinski definition) is 1. The van der Waals surface area contributed by atoms with Gasteiger partial charge in [-0.1, -0.05) is 61.5 Å². The van der Waals surface area contributed by atoms with Gasteiger partial charge in [-0.25, -0.2) is 0 Å². The highest BCUT2D eigenvalue weighted by Gasteiger charge is 2.29. The summed E-state index contributed by atoms with van der Waals surface area (Å²) in [5, 5.41) is 3.04. The molecule has 3 rings (SSSR count). The fourth-order valence-electron chi connectivity index (χ4n) is 3.89. The molecule has 0 radical (unpaired) electrons. The zero-order valence-corrected chi connectivity index (χ0v) is 20.7. The highest BCUT2D eigenvalue weighted by atomic mass is 16.5. The maximum absolute atomic E-state index is 13.5. The summed E-state index contributed by atoms with van der Waals surface area (Å²) in [7, 11) is 3.24. The lowest BCUT2D eigenvalue weighted by Gasteiger charge is -2.31. The molecule has 1 atom stereocenters. The Balaban J connectivity index is 1.85. The van der Waals surface area contributed by atoms with Crippen LogP contribution in [0.1, 0.15) is 36.5 Å². The van der Waals surface area contributed by atoms with E-state index in [1.165, 1.54) is 0 Å². The van der Waals surface area contributed by atoms with Crippen molar-refractivity contribution in [1.82, 2.24) is 10.2 Å². The molecule has 3 aromatic rings. The number of carbonyl (C=O) groups is 2. The number of benzene rings is 3. The van der Waals surface area contributed by atoms with Crippen LogP contribution in [0.25, 0.3) is 0 Å². The summed E-state index contributed by atoms with van der Waals surface area (Å²) in [6.45, 7) is 2.68. The van der Waals surface area contributed by atoms with Crippen LogP contribution in [-0.2, 0) is 29.1 Å². The molecule has 0 aliphatic carbocycles. The van der Waals surface area contributed by atoms with Gasteiger partial charge in [0.1, 0.15) is 17.5 Å². The van der Waals surface area contributed by atoms with Crippen molar-refractivity contribution >= 4 is 11.8 Å². The van der Waals surface area contributed by atoms with E-state index in [-0.39, 0.29) is 11.8 Å². The van der Waals surface area contributed by atoms with Crippen LogP contribution in [0.4, 0.5) is 0 Å². The smallest absolute Gasteiger partial charge is 0.243 e. The van der Waals surface area contributed by atoms with Crippen molar-refractivity contribution in [3.63, 3.8) is 0 Å². The standard InChI is InChI=1S/C29H34N2O4/c1-4-8-28(32)31(21-24-13-17-26(35-3)18-14-24)27(19-22-9-6-5-7-10-22)29(33)30-20-23-11-15-25(34-2)16-12-23/h5-7,9-18,27H,4,8,19-21H2,1-3H3,(H,30,33). The summed E-state index contributed by atoms with van der Waals surface area (Å²) >= 11 is 0. The van der Waals surface area contributed by atoms with Gasteiger partial charge in [0, 0.05) is 25.9 Å². The quantitative estimate of drug-likeness (QED) is 0.411. The molecule has 0 bridgehead atoms. The van der Waals surface area contributed by atoms with Crippen LogP contribution in [-0.4, -0.2) is 37.0 Å². The van der Waals surface area contributed by atoms with Gasteiger partial charge in [0.15, 0.2) is 0 Å². The molecule has 0 saturated carbocycles. The first-order valence-electron chi connectivity index (χ1n) is 11.9. The average Bonchev–Trinajstić information content (AvgIpc) is 2.90. The second-order valence-electron chi connectivity index (χ2n) is 8.39. The van der Waals surface area contributed by atoms with E-state index in [2.05, 4.69) is 5.32 Å². The molecule has 6 heteroatoms. The number of hydrogen-bond acceptors (Lipinski definition) is 4. The Morgan fingerprint density at radius 3 is 1.91 bits per heavy atom. The number of amides is 2. The number of nitrogens with zero attached hydrogens (tertiary/aromatic N) is 1. The molecule has 184 valence electrons. The molecule has 0 spiro atoms. The molecule has 0 fully saturated rings. The molecule has 2 amide bonds. The number of rotatable bonds is 12. The van der Waals surface area contributed by atoms with Crippen molar-refractivity contribution in [2.45, 2.75) is 45.3 Å². The number of ether oxygens (including phenoxy) is 2. The van der Waals surface area contributed by atoms with Crippen molar-refractivity contribution in [2.24, 2.45) is 0 Å². The Hall–Kier alpha value is -3.80. The number of methoxy groups -OCH3 is 2. The van der Waals surface area contributed by atoms with Gasteiger partial charge in [-0.3, -0.25) is 9.59 Å². The SMILES string of the molecule is CCCC(=O)N(Cc1ccc(OC)cc1)C(Cc1ccccc1)C(=O)NCc1ccc(OC)cc1. The molecule has 0 aliphatic heterocycles. The van der Waals surface area contributed by atoms with E-state index in [4.69, 9.17) is 9.47 Å². The van der Waals surface area contributed by atoms with Gasteiger partial charge < -0.3 is 19.7 Å². The normalized spacial score (nSPS) is 11.4. The first kappa shape index (κ1) is 25.8. The molecular weight excluding hydrogens is 440 g/mol. The fourth-order valence-corrected chi connectivity index (χ4v) is 3.89. The minimum atomic E-state index is -0.642. The van der Waals surface area contributed by atoms with Crippen LogP contribution in [0, 0.1) is 0 Å². The predicted molar refractivity (Wildman–Crippen MR) is 137 cm³/mol. The van der Waals surface area contributed by atoms with Gasteiger partial charge in [-0.05, 0) is 47.4 Å². The predicted octanol–water partition coefficient (Wildman–Crippen LogP) is 4.76. The van der Waals surface area contributed by atoms with Crippen LogP contribution in [0.2, 0.25) is 0 Å². The van der Waals surface area contributed by atoms with Gasteiger partial charge in [0.2, 0.25) is 11.8 Å². The monoisotopic (exact) mass is 474 g/mol. The minimum absolute atomic E-state index is 0.0381. The van der Waals surface area contributed by atoms with Crippen molar-refractivity contribution in [2.75, 3.05) is 14.2 Å². The Morgan fingerprint density at radius 2 is 1.37 bits per heavy atom. The van der Waals surface area contributed by atoms with Crippen LogP contribution in [0.3, 0.4) is 0 Å². The van der Waals surface area contributed by atoms with Crippen LogP contribution in [0.15, 0.2) is 78.9 Å². The Bertz CT molecular complexity index is 1070. The van der Waals surface area contributed by atoms with E-state index >= 15 is 0 Å². The Morgan fingerprint density at radius 1 is 0.800 bits per heavy atom. The third-order valence-electron chi connectivity index (χ3n) is 5.87. The first-order valence-corrected chi connectivity index (χ1v) is 11.9. The number of carbonyl (C=O) groups excluding carboxylic acids is 2. The van der Waals surface area contributed by atoms with Gasteiger partial charge in [0.25, 0.3) is 0 Å². The summed E-state index contributed by atoms with van der Waals surface area (Å²) in [4.78, 5) is 28.5. The zero-order chi connectivity index (χ0) is 25.0. The van der Waals surface area contributed by atoms with E-state index in [0.29, 0.717) is 32.4 Å². The van der Waals surface area contributed by atoms with Crippen LogP contribution < -0.4 is 14.8 Å². The van der Waals surface area contributed by atoms with Gasteiger partial charge >= 0.3 is 0 Å². The first-order chi connectivity index (χ1) is 17.0. The van der Waals surface area contributed by atoms with Crippen molar-refractivity contribution < 1.29 is 19.1 Å². The van der Waals surface area contributed by atoms with E-state index < -0.39 is 6.04 Å². The topological polar surface area (TPSA) is 67.9 Å². The second kappa shape index (κ2) is 13.2. The van der Waals surface area contributed by atoms with E-state index in [0.717, 1.165) is 28.2 Å². The third kappa shape index (κ3) is 7.60. The fraction of sp³-hybridized carbons (Fsp3) is 0.310. The lowest BCUT2D eigenvalue weighted by molar-refractivity contribution is -0.141. The molecule has 35 heavy (non-hydrogen) atoms. The molecule has 6 nitrogen and oxygen atoms in total. The molecule has 0 saturated heterocycles.